The third-order valence-corrected chi connectivity index (χ3v) is 11.9. The first-order chi connectivity index (χ1) is 30.7. The molecule has 0 aromatic heterocycles. The van der Waals surface area contributed by atoms with E-state index in [0.717, 1.165) is 53.4 Å². The lowest BCUT2D eigenvalue weighted by Gasteiger charge is -2.50. The first-order valence-corrected chi connectivity index (χ1v) is 23.0. The van der Waals surface area contributed by atoms with Crippen LogP contribution in [0.1, 0.15) is 127 Å². The van der Waals surface area contributed by atoms with Crippen LogP contribution in [0.2, 0.25) is 0 Å². The van der Waals surface area contributed by atoms with Crippen LogP contribution in [-0.2, 0) is 76.0 Å². The van der Waals surface area contributed by atoms with Crippen LogP contribution in [0.25, 0.3) is 0 Å². The van der Waals surface area contributed by atoms with Crippen LogP contribution in [0.4, 0.5) is 0 Å². The summed E-state index contributed by atoms with van der Waals surface area (Å²) in [5.74, 6) is -3.21. The van der Waals surface area contributed by atoms with Gasteiger partial charge in [-0.3, -0.25) is 19.2 Å². The van der Waals surface area contributed by atoms with E-state index >= 15 is 0 Å². The molecule has 4 aliphatic rings. The molecule has 0 bridgehead atoms. The number of aliphatic hydroxyl groups is 5. The van der Waals surface area contributed by atoms with Crippen LogP contribution in [0.3, 0.4) is 0 Å². The van der Waals surface area contributed by atoms with Crippen LogP contribution in [0.5, 0.6) is 0 Å². The van der Waals surface area contributed by atoms with Crippen molar-refractivity contribution in [3.63, 3.8) is 0 Å². The van der Waals surface area contributed by atoms with Crippen LogP contribution in [0.15, 0.2) is 0 Å². The molecule has 0 saturated carbocycles. The first-order valence-electron chi connectivity index (χ1n) is 23.0. The zero-order chi connectivity index (χ0) is 48.1. The van der Waals surface area contributed by atoms with E-state index in [-0.39, 0.29) is 0 Å². The average Bonchev–Trinajstić information content (AvgIpc) is 3.22. The minimum atomic E-state index is -1.85. The molecule has 20 atom stereocenters. The molecule has 0 amide bonds. The largest absolute Gasteiger partial charge is 0.457 e. The number of rotatable bonds is 22. The number of hydrogen-bond acceptors (Lipinski definition) is 21. The van der Waals surface area contributed by atoms with E-state index in [0.29, 0.717) is 6.61 Å². The lowest BCUT2D eigenvalue weighted by molar-refractivity contribution is -0.385. The summed E-state index contributed by atoms with van der Waals surface area (Å²) in [6.45, 7) is 12.9. The highest BCUT2D eigenvalue weighted by Gasteiger charge is 2.57. The van der Waals surface area contributed by atoms with Crippen molar-refractivity contribution in [2.75, 3.05) is 6.61 Å². The van der Waals surface area contributed by atoms with E-state index in [2.05, 4.69) is 6.92 Å². The molecule has 0 aromatic rings. The van der Waals surface area contributed by atoms with Gasteiger partial charge in [0.1, 0.15) is 48.8 Å². The Hall–Kier alpha value is -2.64. The molecule has 65 heavy (non-hydrogen) atoms. The van der Waals surface area contributed by atoms with Crippen LogP contribution in [-0.4, -0.2) is 179 Å². The van der Waals surface area contributed by atoms with Crippen molar-refractivity contribution in [3.05, 3.63) is 0 Å². The third kappa shape index (κ3) is 15.4. The van der Waals surface area contributed by atoms with Gasteiger partial charge >= 0.3 is 23.9 Å². The molecule has 21 heteroatoms. The fraction of sp³-hybridized carbons (Fsp3) is 0.909. The molecule has 0 aromatic carbocycles. The zero-order valence-electron chi connectivity index (χ0n) is 39.1. The van der Waals surface area contributed by atoms with Crippen molar-refractivity contribution >= 4 is 23.9 Å². The molecule has 0 aliphatic carbocycles. The Bertz CT molecular complexity index is 1490. The molecular weight excluding hydrogens is 864 g/mol. The van der Waals surface area contributed by atoms with Gasteiger partial charge in [0.25, 0.3) is 0 Å². The highest BCUT2D eigenvalue weighted by atomic mass is 16.8. The van der Waals surface area contributed by atoms with Crippen molar-refractivity contribution in [3.8, 4) is 0 Å². The van der Waals surface area contributed by atoms with Gasteiger partial charge in [-0.1, -0.05) is 64.7 Å². The molecule has 4 fully saturated rings. The Kier molecular flexibility index (Phi) is 22.2. The topological polar surface area (TPSA) is 280 Å². The summed E-state index contributed by atoms with van der Waals surface area (Å²) in [4.78, 5) is 49.2. The minimum Gasteiger partial charge on any atom is -0.457 e. The van der Waals surface area contributed by atoms with Gasteiger partial charge in [0.2, 0.25) is 0 Å². The normalized spacial score (nSPS) is 39.8. The highest BCUT2D eigenvalue weighted by molar-refractivity contribution is 5.67. The van der Waals surface area contributed by atoms with E-state index in [4.69, 9.17) is 56.8 Å². The number of esters is 4. The van der Waals surface area contributed by atoms with Gasteiger partial charge in [-0.05, 0) is 34.1 Å². The van der Waals surface area contributed by atoms with Gasteiger partial charge in [-0.2, -0.15) is 0 Å². The number of carbonyl (C=O) groups excluding carboxylic acids is 4. The number of aliphatic hydroxyl groups excluding tert-OH is 5. The van der Waals surface area contributed by atoms with Crippen molar-refractivity contribution in [1.29, 1.82) is 0 Å². The standard InChI is InChI=1S/C44H74O21/c1-10-11-12-13-14-15-16-17-18-19-20-54-41-31(51)29(49)35(22(3)55-41)63-43-33(53)38(36(23(4)57-43)60-26(7)46)64-44-40(62-28(9)48)39(37(24(5)58-44)61-27(8)47)65-42-32(52)30(50)34(21(2)56-42)59-25(6)45/h21-24,29-44,49-53H,10-20H2,1-9H3. The van der Waals surface area contributed by atoms with E-state index < -0.39 is 147 Å². The van der Waals surface area contributed by atoms with E-state index in [1.165, 1.54) is 59.3 Å². The van der Waals surface area contributed by atoms with Gasteiger partial charge in [0.15, 0.2) is 49.6 Å². The Balaban J connectivity index is 1.49. The third-order valence-electron chi connectivity index (χ3n) is 11.9. The Morgan fingerprint density at radius 3 is 1.28 bits per heavy atom. The van der Waals surface area contributed by atoms with Crippen molar-refractivity contribution in [1.82, 2.24) is 0 Å². The molecule has 0 radical (unpaired) electrons. The lowest BCUT2D eigenvalue weighted by Crippen LogP contribution is -2.67. The molecule has 376 valence electrons. The fourth-order valence-corrected chi connectivity index (χ4v) is 8.58. The zero-order valence-corrected chi connectivity index (χ0v) is 39.1. The van der Waals surface area contributed by atoms with Gasteiger partial charge in [-0.15, -0.1) is 0 Å². The Morgan fingerprint density at radius 1 is 0.385 bits per heavy atom. The number of ether oxygens (including phenoxy) is 12. The molecular formula is C44H74O21. The van der Waals surface area contributed by atoms with Crippen molar-refractivity contribution in [2.24, 2.45) is 0 Å². The first kappa shape index (κ1) is 55.0. The maximum Gasteiger partial charge on any atom is 0.303 e. The summed E-state index contributed by atoms with van der Waals surface area (Å²) in [5.41, 5.74) is 0. The smallest absolute Gasteiger partial charge is 0.303 e. The lowest BCUT2D eigenvalue weighted by atomic mass is 9.95. The molecule has 4 rings (SSSR count). The van der Waals surface area contributed by atoms with E-state index in [1.807, 2.05) is 0 Å². The molecule has 20 unspecified atom stereocenters. The maximum absolute atomic E-state index is 12.7. The van der Waals surface area contributed by atoms with Crippen LogP contribution >= 0.6 is 0 Å². The summed E-state index contributed by atoms with van der Waals surface area (Å²) < 4.78 is 70.2. The minimum absolute atomic E-state index is 0.303. The summed E-state index contributed by atoms with van der Waals surface area (Å²) in [6.07, 6.45) is -17.5. The molecule has 0 spiro atoms. The second-order valence-corrected chi connectivity index (χ2v) is 17.4. The van der Waals surface area contributed by atoms with Gasteiger partial charge in [0, 0.05) is 34.3 Å². The van der Waals surface area contributed by atoms with Gasteiger partial charge in [0.05, 0.1) is 24.4 Å². The molecule has 4 aliphatic heterocycles. The van der Waals surface area contributed by atoms with Gasteiger partial charge in [-0.25, -0.2) is 0 Å². The Labute approximate surface area is 380 Å². The predicted molar refractivity (Wildman–Crippen MR) is 222 cm³/mol. The second-order valence-electron chi connectivity index (χ2n) is 17.4. The fourth-order valence-electron chi connectivity index (χ4n) is 8.58. The van der Waals surface area contributed by atoms with Crippen molar-refractivity contribution in [2.45, 2.75) is 249 Å². The number of unbranched alkanes of at least 4 members (excludes halogenated alkanes) is 9. The summed E-state index contributed by atoms with van der Waals surface area (Å²) in [5, 5.41) is 56.2. The molecule has 21 nitrogen and oxygen atoms in total. The Morgan fingerprint density at radius 2 is 0.738 bits per heavy atom. The highest BCUT2D eigenvalue weighted by Crippen LogP contribution is 2.37. The molecule has 4 saturated heterocycles. The van der Waals surface area contributed by atoms with Crippen LogP contribution < -0.4 is 0 Å². The quantitative estimate of drug-likeness (QED) is 0.0585. The number of hydrogen-bond donors (Lipinski definition) is 5. The SMILES string of the molecule is CCCCCCCCCCCCOC1OC(C)C(OC2OC(C)C(OC(C)=O)C(OC3OC(C)C(OC(C)=O)C(OC4OC(C)C(OC(C)=O)C(O)C4O)C3OC(C)=O)C2O)C(O)C1O. The number of carbonyl (C=O) groups is 4. The monoisotopic (exact) mass is 938 g/mol. The summed E-state index contributed by atoms with van der Waals surface area (Å²) >= 11 is 0. The van der Waals surface area contributed by atoms with Gasteiger partial charge < -0.3 is 82.4 Å². The summed E-state index contributed by atoms with van der Waals surface area (Å²) in [6, 6.07) is 0. The van der Waals surface area contributed by atoms with Crippen LogP contribution in [0, 0.1) is 0 Å². The molecule has 5 N–H and O–H groups in total. The average molecular weight is 939 g/mol. The van der Waals surface area contributed by atoms with E-state index in [9.17, 15) is 44.7 Å². The van der Waals surface area contributed by atoms with Crippen molar-refractivity contribution < 1.29 is 102 Å². The summed E-state index contributed by atoms with van der Waals surface area (Å²) in [7, 11) is 0. The van der Waals surface area contributed by atoms with E-state index in [1.54, 1.807) is 6.92 Å². The predicted octanol–water partition coefficient (Wildman–Crippen LogP) is 1.59. The second kappa shape index (κ2) is 26.2. The maximum atomic E-state index is 12.7. The molecule has 4 heterocycles.